The molecule has 0 radical (unpaired) electrons. The molecular weight excluding hydrogens is 500 g/mol. The number of carboxylic acids is 2. The van der Waals surface area contributed by atoms with Gasteiger partial charge < -0.3 is 19.7 Å². The molecule has 0 aliphatic rings. The van der Waals surface area contributed by atoms with E-state index in [0.29, 0.717) is 12.8 Å². The molecule has 2 rings (SSSR count). The fourth-order valence-electron chi connectivity index (χ4n) is 4.81. The van der Waals surface area contributed by atoms with Crippen LogP contribution in [0.15, 0.2) is 60.7 Å². The fraction of sp³-hybridized carbons (Fsp3) is 0.484. The number of ether oxygens (including phenoxy) is 2. The zero-order valence-electron chi connectivity index (χ0n) is 22.8. The third-order valence-electron chi connectivity index (χ3n) is 7.08. The Morgan fingerprint density at radius 3 is 1.49 bits per heavy atom. The number of hydrogen-bond donors (Lipinski definition) is 2. The van der Waals surface area contributed by atoms with Crippen LogP contribution < -0.4 is 0 Å². The molecule has 0 saturated carbocycles. The largest absolute Gasteiger partial charge is 0.481 e. The summed E-state index contributed by atoms with van der Waals surface area (Å²) in [6.45, 7) is 3.09. The quantitative estimate of drug-likeness (QED) is 0.184. The first kappa shape index (κ1) is 31.5. The molecule has 0 aromatic heterocycles. The van der Waals surface area contributed by atoms with Crippen molar-refractivity contribution in [2.75, 3.05) is 0 Å². The minimum Gasteiger partial charge on any atom is -0.481 e. The predicted molar refractivity (Wildman–Crippen MR) is 146 cm³/mol. The summed E-state index contributed by atoms with van der Waals surface area (Å²) in [5.41, 5.74) is -0.135. The number of rotatable bonds is 18. The highest BCUT2D eigenvalue weighted by molar-refractivity contribution is 5.79. The summed E-state index contributed by atoms with van der Waals surface area (Å²) in [5, 5.41) is 19.2. The van der Waals surface area contributed by atoms with Crippen LogP contribution in [0.1, 0.15) is 76.3 Å². The number of esters is 2. The summed E-state index contributed by atoms with van der Waals surface area (Å²) < 4.78 is 11.3. The molecule has 2 atom stereocenters. The van der Waals surface area contributed by atoms with E-state index in [1.807, 2.05) is 36.4 Å². The van der Waals surface area contributed by atoms with Gasteiger partial charge in [-0.25, -0.2) is 0 Å². The van der Waals surface area contributed by atoms with Gasteiger partial charge in [-0.05, 0) is 37.8 Å². The lowest BCUT2D eigenvalue weighted by molar-refractivity contribution is -0.186. The van der Waals surface area contributed by atoms with Gasteiger partial charge >= 0.3 is 23.9 Å². The number of hydrogen-bond acceptors (Lipinski definition) is 6. The Labute approximate surface area is 230 Å². The van der Waals surface area contributed by atoms with E-state index in [1.165, 1.54) is 0 Å². The molecule has 0 spiro atoms. The van der Waals surface area contributed by atoms with Crippen molar-refractivity contribution in [3.05, 3.63) is 71.8 Å². The molecule has 0 bridgehead atoms. The Bertz CT molecular complexity index is 989. The van der Waals surface area contributed by atoms with Crippen molar-refractivity contribution in [3.8, 4) is 0 Å². The number of aliphatic carboxylic acids is 2. The zero-order chi connectivity index (χ0) is 28.7. The molecule has 8 heteroatoms. The van der Waals surface area contributed by atoms with Gasteiger partial charge in [0.1, 0.15) is 17.6 Å². The van der Waals surface area contributed by atoms with Crippen LogP contribution in [0.2, 0.25) is 0 Å². The van der Waals surface area contributed by atoms with Gasteiger partial charge in [0.05, 0.1) is 12.8 Å². The second kappa shape index (κ2) is 16.3. The van der Waals surface area contributed by atoms with Gasteiger partial charge in [-0.1, -0.05) is 92.8 Å². The average molecular weight is 541 g/mol. The standard InChI is InChI=1S/C31H40O8/c1-23(38-28(34)21-25-15-9-7-10-16-25)31(30(36)37,20-14-6-4-3-5-13-19-27(32)33)24(2)39-29(35)22-26-17-11-8-12-18-26/h7-12,15-18,23-24H,3-6,13-14,19-22H2,1-2H3,(H,32,33)(H,36,37). The van der Waals surface area contributed by atoms with E-state index >= 15 is 0 Å². The number of carboxylic acid groups (broad SMARTS) is 2. The Morgan fingerprint density at radius 1 is 0.667 bits per heavy atom. The maximum absolute atomic E-state index is 12.8. The fourth-order valence-corrected chi connectivity index (χ4v) is 4.81. The van der Waals surface area contributed by atoms with Crippen molar-refractivity contribution in [1.29, 1.82) is 0 Å². The van der Waals surface area contributed by atoms with E-state index in [-0.39, 0.29) is 25.7 Å². The van der Waals surface area contributed by atoms with Gasteiger partial charge in [-0.3, -0.25) is 19.2 Å². The summed E-state index contributed by atoms with van der Waals surface area (Å²) in [5.74, 6) is -3.11. The summed E-state index contributed by atoms with van der Waals surface area (Å²) in [6.07, 6.45) is 2.48. The van der Waals surface area contributed by atoms with Crippen molar-refractivity contribution in [2.45, 2.75) is 90.3 Å². The van der Waals surface area contributed by atoms with E-state index in [4.69, 9.17) is 14.6 Å². The smallest absolute Gasteiger partial charge is 0.317 e. The van der Waals surface area contributed by atoms with Crippen LogP contribution in [0.25, 0.3) is 0 Å². The highest BCUT2D eigenvalue weighted by Crippen LogP contribution is 2.38. The Balaban J connectivity index is 2.11. The van der Waals surface area contributed by atoms with Gasteiger partial charge in [0.15, 0.2) is 0 Å². The summed E-state index contributed by atoms with van der Waals surface area (Å²) >= 11 is 0. The van der Waals surface area contributed by atoms with Crippen LogP contribution in [0.3, 0.4) is 0 Å². The minimum atomic E-state index is -1.64. The van der Waals surface area contributed by atoms with Gasteiger partial charge in [0.25, 0.3) is 0 Å². The van der Waals surface area contributed by atoms with Gasteiger partial charge in [0, 0.05) is 6.42 Å². The lowest BCUT2D eigenvalue weighted by atomic mass is 9.73. The molecular formula is C31H40O8. The van der Waals surface area contributed by atoms with Gasteiger partial charge in [0.2, 0.25) is 0 Å². The number of benzene rings is 2. The molecule has 0 aliphatic heterocycles. The molecule has 0 saturated heterocycles. The van der Waals surface area contributed by atoms with Crippen LogP contribution in [0.4, 0.5) is 0 Å². The Morgan fingerprint density at radius 2 is 1.08 bits per heavy atom. The molecule has 0 aliphatic carbocycles. The SMILES string of the molecule is CC(OC(=O)Cc1ccccc1)C(CCCCCCCCC(=O)O)(C(=O)O)C(C)OC(=O)Cc1ccccc1. The van der Waals surface area contributed by atoms with Crippen LogP contribution in [-0.4, -0.2) is 46.3 Å². The molecule has 0 amide bonds. The molecule has 39 heavy (non-hydrogen) atoms. The van der Waals surface area contributed by atoms with Crippen molar-refractivity contribution < 1.29 is 38.9 Å². The summed E-state index contributed by atoms with van der Waals surface area (Å²) in [4.78, 5) is 49.0. The van der Waals surface area contributed by atoms with E-state index in [9.17, 15) is 24.3 Å². The summed E-state index contributed by atoms with van der Waals surface area (Å²) in [7, 11) is 0. The van der Waals surface area contributed by atoms with Crippen LogP contribution in [0.5, 0.6) is 0 Å². The molecule has 0 fully saturated rings. The minimum absolute atomic E-state index is 0.000597. The molecule has 8 nitrogen and oxygen atoms in total. The van der Waals surface area contributed by atoms with E-state index in [2.05, 4.69) is 0 Å². The molecule has 2 aromatic rings. The molecule has 212 valence electrons. The predicted octanol–water partition coefficient (Wildman–Crippen LogP) is 5.61. The van der Waals surface area contributed by atoms with Crippen molar-refractivity contribution in [3.63, 3.8) is 0 Å². The van der Waals surface area contributed by atoms with Crippen molar-refractivity contribution >= 4 is 23.9 Å². The van der Waals surface area contributed by atoms with Gasteiger partial charge in [-0.15, -0.1) is 0 Å². The third-order valence-corrected chi connectivity index (χ3v) is 7.08. The second-order valence-electron chi connectivity index (χ2n) is 9.95. The second-order valence-corrected chi connectivity index (χ2v) is 9.95. The topological polar surface area (TPSA) is 127 Å². The first-order chi connectivity index (χ1) is 18.6. The maximum atomic E-state index is 12.8. The molecule has 2 aromatic carbocycles. The molecule has 2 unspecified atom stereocenters. The lowest BCUT2D eigenvalue weighted by Crippen LogP contribution is -2.52. The van der Waals surface area contributed by atoms with Gasteiger partial charge in [-0.2, -0.15) is 0 Å². The normalized spacial score (nSPS) is 14.0. The zero-order valence-corrected chi connectivity index (χ0v) is 22.8. The van der Waals surface area contributed by atoms with Crippen molar-refractivity contribution in [1.82, 2.24) is 0 Å². The van der Waals surface area contributed by atoms with Crippen molar-refractivity contribution in [2.24, 2.45) is 5.41 Å². The van der Waals surface area contributed by atoms with Crippen LogP contribution in [0, 0.1) is 5.41 Å². The lowest BCUT2D eigenvalue weighted by Gasteiger charge is -2.39. The average Bonchev–Trinajstić information content (AvgIpc) is 2.88. The number of unbranched alkanes of at least 4 members (excludes halogenated alkanes) is 5. The van der Waals surface area contributed by atoms with Crippen LogP contribution in [-0.2, 0) is 41.5 Å². The highest BCUT2D eigenvalue weighted by Gasteiger charge is 2.52. The maximum Gasteiger partial charge on any atom is 0.317 e. The molecule has 0 heterocycles. The number of carbonyl (C=O) groups is 4. The van der Waals surface area contributed by atoms with E-state index in [1.54, 1.807) is 38.1 Å². The first-order valence-corrected chi connectivity index (χ1v) is 13.6. The third kappa shape index (κ3) is 10.5. The van der Waals surface area contributed by atoms with E-state index in [0.717, 1.165) is 36.8 Å². The van der Waals surface area contributed by atoms with Crippen LogP contribution >= 0.6 is 0 Å². The first-order valence-electron chi connectivity index (χ1n) is 13.6. The highest BCUT2D eigenvalue weighted by atomic mass is 16.6. The number of carbonyl (C=O) groups excluding carboxylic acids is 2. The monoisotopic (exact) mass is 540 g/mol. The van der Waals surface area contributed by atoms with E-state index < -0.39 is 41.5 Å². The summed E-state index contributed by atoms with van der Waals surface area (Å²) in [6, 6.07) is 18.1. The Kier molecular flexibility index (Phi) is 13.2. The molecule has 2 N–H and O–H groups in total. The Hall–Kier alpha value is -3.68.